The van der Waals surface area contributed by atoms with E-state index in [2.05, 4.69) is 37.2 Å². The van der Waals surface area contributed by atoms with Gasteiger partial charge in [-0.2, -0.15) is 0 Å². The van der Waals surface area contributed by atoms with E-state index in [4.69, 9.17) is 39.3 Å². The highest BCUT2D eigenvalue weighted by atomic mass is 35.5. The number of hydrogen-bond donors (Lipinski definition) is 13. The van der Waals surface area contributed by atoms with Gasteiger partial charge in [0.2, 0.25) is 47.3 Å². The molecule has 5 rings (SSSR count). The molecule has 8 amide bonds. The molecule has 0 aliphatic carbocycles. The molecule has 1 heterocycles. The summed E-state index contributed by atoms with van der Waals surface area (Å²) in [6.45, 7) is 1.13. The van der Waals surface area contributed by atoms with Crippen molar-refractivity contribution in [1.82, 2.24) is 37.2 Å². The van der Waals surface area contributed by atoms with E-state index >= 15 is 0 Å². The zero-order chi connectivity index (χ0) is 57.4. The SMILES string of the molecule is C[C@@H](O)[C@@H]1NC(=O)[C@H](CCCCN)NC(=O)[C@@H](Cc2ccc(C(N)=O)cc2)NC(=O)[C@H](Cc2ccccc2)NC(=O)[C@H](NC(=O)[C@@H](N)Cc2ccc(Cl)cc2)CSSC[C@@H](COCNC(Cc2ccc(O)cc2)C(N)=O)NC1=O. The van der Waals surface area contributed by atoms with Crippen molar-refractivity contribution in [2.45, 2.75) is 106 Å². The molecule has 0 spiro atoms. The second-order valence-corrected chi connectivity index (χ2v) is 22.0. The maximum absolute atomic E-state index is 14.7. The zero-order valence-electron chi connectivity index (χ0n) is 43.6. The minimum atomic E-state index is -1.58. The lowest BCUT2D eigenvalue weighted by molar-refractivity contribution is -0.136. The van der Waals surface area contributed by atoms with E-state index < -0.39 is 102 Å². The summed E-state index contributed by atoms with van der Waals surface area (Å²) in [6.07, 6.45) is -0.668. The number of carbonyl (C=O) groups is 8. The van der Waals surface area contributed by atoms with Gasteiger partial charge in [-0.25, -0.2) is 0 Å². The summed E-state index contributed by atoms with van der Waals surface area (Å²) in [6, 6.07) is 17.8. The first-order valence-electron chi connectivity index (χ1n) is 25.6. The number of primary amides is 2. The van der Waals surface area contributed by atoms with Gasteiger partial charge < -0.3 is 69.8 Å². The van der Waals surface area contributed by atoms with Crippen molar-refractivity contribution in [3.63, 3.8) is 0 Å². The second-order valence-electron chi connectivity index (χ2n) is 19.0. The predicted octanol–water partition coefficient (Wildman–Crippen LogP) is -0.0264. The Morgan fingerprint density at radius 2 is 1.25 bits per heavy atom. The van der Waals surface area contributed by atoms with Crippen molar-refractivity contribution < 1.29 is 53.3 Å². The molecule has 0 aromatic heterocycles. The minimum absolute atomic E-state index is 0.0242. The summed E-state index contributed by atoms with van der Waals surface area (Å²) < 4.78 is 5.93. The van der Waals surface area contributed by atoms with E-state index in [0.717, 1.165) is 10.8 Å². The lowest BCUT2D eigenvalue weighted by Gasteiger charge is -2.29. The minimum Gasteiger partial charge on any atom is -0.508 e. The first kappa shape index (κ1) is 63.1. The fourth-order valence-electron chi connectivity index (χ4n) is 8.15. The summed E-state index contributed by atoms with van der Waals surface area (Å²) in [5, 5.41) is 40.6. The molecule has 1 saturated heterocycles. The number of ether oxygens (including phenoxy) is 1. The van der Waals surface area contributed by atoms with Crippen molar-refractivity contribution in [2.24, 2.45) is 22.9 Å². The Morgan fingerprint density at radius 1 is 0.696 bits per heavy atom. The molecule has 79 heavy (non-hydrogen) atoms. The van der Waals surface area contributed by atoms with Crippen molar-refractivity contribution in [3.8, 4) is 5.75 Å². The first-order valence-corrected chi connectivity index (χ1v) is 28.4. The number of nitrogens with one attached hydrogen (secondary N) is 7. The van der Waals surface area contributed by atoms with E-state index in [9.17, 15) is 48.6 Å². The molecule has 17 N–H and O–H groups in total. The van der Waals surface area contributed by atoms with Crippen LogP contribution in [0, 0.1) is 0 Å². The predicted molar refractivity (Wildman–Crippen MR) is 302 cm³/mol. The van der Waals surface area contributed by atoms with Crippen molar-refractivity contribution in [1.29, 1.82) is 0 Å². The molecule has 0 radical (unpaired) electrons. The highest BCUT2D eigenvalue weighted by Gasteiger charge is 2.35. The standard InChI is InChI=1S/C54H70ClN11O11S2/c1-31(67)46-54(76)61-38(27-77-30-60-42(48(59)70)24-35-14-20-39(68)21-15-35)28-78-79-29-45(65-49(71)40(57)23-33-12-18-37(55)19-13-33)53(75)64-43(25-32-7-3-2-4-8-32)52(74)63-44(26-34-10-16-36(17-11-34)47(58)69)51(73)62-41(50(72)66-46)9-5-6-22-56/h2-4,7-8,10-21,31,38,40-46,60,67-68H,5-6,9,22-30,56-57H2,1H3,(H2,58,69)(H2,59,70)(H,61,76)(H,62,73)(H,63,74)(H,64,75)(H,65,71)(H,66,72)/t31-,38-,40+,41+,42?,43+,44-,45-,46+/m1/s1. The van der Waals surface area contributed by atoms with E-state index in [1.807, 2.05) is 0 Å². The van der Waals surface area contributed by atoms with Crippen molar-refractivity contribution >= 4 is 80.4 Å². The molecule has 4 aromatic rings. The van der Waals surface area contributed by atoms with Crippen LogP contribution in [0.2, 0.25) is 5.02 Å². The molecule has 426 valence electrons. The third-order valence-electron chi connectivity index (χ3n) is 12.6. The highest BCUT2D eigenvalue weighted by molar-refractivity contribution is 8.76. The number of halogens is 1. The molecule has 0 saturated carbocycles. The quantitative estimate of drug-likeness (QED) is 0.0279. The molecular formula is C54H70ClN11O11S2. The topological polar surface area (TPSA) is 375 Å². The van der Waals surface area contributed by atoms with Gasteiger partial charge in [-0.1, -0.05) is 99.9 Å². The number of aliphatic hydroxyl groups is 1. The van der Waals surface area contributed by atoms with Crippen LogP contribution in [0.1, 0.15) is 58.8 Å². The Labute approximate surface area is 471 Å². The molecule has 4 aromatic carbocycles. The number of phenols is 1. The number of phenolic OH excluding ortho intramolecular Hbond substituents is 1. The molecule has 1 aliphatic rings. The number of nitrogens with two attached hydrogens (primary N) is 4. The fourth-order valence-corrected chi connectivity index (χ4v) is 10.7. The van der Waals surface area contributed by atoms with E-state index in [1.165, 1.54) is 42.0 Å². The highest BCUT2D eigenvalue weighted by Crippen LogP contribution is 2.24. The number of aromatic hydroxyl groups is 1. The van der Waals surface area contributed by atoms with Gasteiger partial charge >= 0.3 is 0 Å². The van der Waals surface area contributed by atoms with Crippen LogP contribution in [-0.4, -0.2) is 143 Å². The van der Waals surface area contributed by atoms with Gasteiger partial charge in [0.1, 0.15) is 36.0 Å². The van der Waals surface area contributed by atoms with E-state index in [-0.39, 0.29) is 74.8 Å². The summed E-state index contributed by atoms with van der Waals surface area (Å²) in [5.74, 6) is -6.12. The summed E-state index contributed by atoms with van der Waals surface area (Å²) in [7, 11) is 2.31. The fraction of sp³-hybridized carbons (Fsp3) is 0.407. The van der Waals surface area contributed by atoms with Gasteiger partial charge in [-0.15, -0.1) is 0 Å². The van der Waals surface area contributed by atoms with Crippen molar-refractivity contribution in [2.75, 3.05) is 31.4 Å². The Hall–Kier alpha value is -6.77. The van der Waals surface area contributed by atoms with Gasteiger partial charge in [0.05, 0.1) is 37.6 Å². The third-order valence-corrected chi connectivity index (χ3v) is 15.4. The smallest absolute Gasteiger partial charge is 0.248 e. The normalized spacial score (nSPS) is 21.2. The number of carbonyl (C=O) groups excluding carboxylic acids is 8. The maximum Gasteiger partial charge on any atom is 0.248 e. The van der Waals surface area contributed by atoms with Crippen LogP contribution >= 0.6 is 33.2 Å². The Kier molecular flexibility index (Phi) is 25.8. The lowest BCUT2D eigenvalue weighted by atomic mass is 10.00. The van der Waals surface area contributed by atoms with E-state index in [1.54, 1.807) is 78.9 Å². The molecule has 1 unspecified atom stereocenters. The lowest BCUT2D eigenvalue weighted by Crippen LogP contribution is -2.61. The average molecular weight is 1150 g/mol. The Balaban J connectivity index is 1.50. The molecular weight excluding hydrogens is 1080 g/mol. The third kappa shape index (κ3) is 21.4. The van der Waals surface area contributed by atoms with Gasteiger partial charge in [0.15, 0.2) is 0 Å². The number of aliphatic hydroxyl groups excluding tert-OH is 1. The van der Waals surface area contributed by atoms with Crippen LogP contribution < -0.4 is 60.2 Å². The second kappa shape index (κ2) is 32.3. The molecule has 1 fully saturated rings. The molecule has 1 aliphatic heterocycles. The summed E-state index contributed by atoms with van der Waals surface area (Å²) in [4.78, 5) is 111. The summed E-state index contributed by atoms with van der Waals surface area (Å²) >= 11 is 6.08. The van der Waals surface area contributed by atoms with Crippen LogP contribution in [0.15, 0.2) is 103 Å². The van der Waals surface area contributed by atoms with E-state index in [0.29, 0.717) is 40.1 Å². The largest absolute Gasteiger partial charge is 0.508 e. The van der Waals surface area contributed by atoms with Crippen LogP contribution in [0.25, 0.3) is 0 Å². The van der Waals surface area contributed by atoms with Gasteiger partial charge in [-0.3, -0.25) is 43.7 Å². The van der Waals surface area contributed by atoms with Crippen LogP contribution in [0.5, 0.6) is 5.75 Å². The first-order chi connectivity index (χ1) is 37.8. The molecule has 25 heteroatoms. The molecule has 0 bridgehead atoms. The van der Waals surface area contributed by atoms with Crippen LogP contribution in [-0.2, 0) is 64.0 Å². The van der Waals surface area contributed by atoms with Gasteiger partial charge in [0.25, 0.3) is 0 Å². The number of benzene rings is 4. The monoisotopic (exact) mass is 1150 g/mol. The van der Waals surface area contributed by atoms with Gasteiger partial charge in [0, 0.05) is 34.9 Å². The number of unbranched alkanes of at least 4 members (excludes halogenated alkanes) is 1. The average Bonchev–Trinajstić information content (AvgIpc) is 3.41. The van der Waals surface area contributed by atoms with Crippen LogP contribution in [0.4, 0.5) is 0 Å². The Morgan fingerprint density at radius 3 is 1.86 bits per heavy atom. The zero-order valence-corrected chi connectivity index (χ0v) is 46.0. The van der Waals surface area contributed by atoms with Gasteiger partial charge in [-0.05, 0) is 104 Å². The van der Waals surface area contributed by atoms with Crippen LogP contribution in [0.3, 0.4) is 0 Å². The Bertz CT molecular complexity index is 2660. The number of rotatable bonds is 22. The number of hydrogen-bond acceptors (Lipinski definition) is 16. The molecule has 9 atom stereocenters. The van der Waals surface area contributed by atoms with Crippen molar-refractivity contribution in [3.05, 3.63) is 136 Å². The molecule has 22 nitrogen and oxygen atoms in total. The number of amides is 8. The summed E-state index contributed by atoms with van der Waals surface area (Å²) in [5.41, 5.74) is 26.1. The maximum atomic E-state index is 14.7.